The van der Waals surface area contributed by atoms with Crippen molar-refractivity contribution in [2.75, 3.05) is 6.61 Å². The average Bonchev–Trinajstić information content (AvgIpc) is 3.06. The van der Waals surface area contributed by atoms with E-state index in [1.807, 2.05) is 57.2 Å². The molecule has 3 rings (SSSR count). The van der Waals surface area contributed by atoms with Crippen LogP contribution < -0.4 is 10.4 Å². The van der Waals surface area contributed by atoms with Crippen LogP contribution in [0.5, 0.6) is 5.75 Å². The Morgan fingerprint density at radius 2 is 2.00 bits per heavy atom. The van der Waals surface area contributed by atoms with Gasteiger partial charge in [-0.05, 0) is 72.2 Å². The highest BCUT2D eigenvalue weighted by Crippen LogP contribution is 2.24. The molecule has 1 aromatic heterocycles. The van der Waals surface area contributed by atoms with Gasteiger partial charge in [0.1, 0.15) is 19.0 Å². The third-order valence-electron chi connectivity index (χ3n) is 4.69. The Kier molecular flexibility index (Phi) is 6.46. The first kappa shape index (κ1) is 21.0. The molecular weight excluding hydrogens is 382 g/mol. The van der Waals surface area contributed by atoms with Crippen molar-refractivity contribution in [2.45, 2.75) is 27.4 Å². The Bertz CT molecular complexity index is 1140. The zero-order chi connectivity index (χ0) is 21.7. The van der Waals surface area contributed by atoms with Crippen molar-refractivity contribution < 1.29 is 9.57 Å². The number of rotatable bonds is 8. The van der Waals surface area contributed by atoms with Gasteiger partial charge in [0.25, 0.3) is 0 Å². The highest BCUT2D eigenvalue weighted by molar-refractivity contribution is 5.98. The van der Waals surface area contributed by atoms with Gasteiger partial charge in [-0.15, -0.1) is 0 Å². The average molecular weight is 407 g/mol. The zero-order valence-electron chi connectivity index (χ0n) is 17.6. The van der Waals surface area contributed by atoms with Gasteiger partial charge >= 0.3 is 5.69 Å². The molecule has 0 N–H and O–H groups in total. The summed E-state index contributed by atoms with van der Waals surface area (Å²) in [7, 11) is 1.57. The van der Waals surface area contributed by atoms with Crippen LogP contribution in [-0.2, 0) is 18.5 Å². The van der Waals surface area contributed by atoms with Crippen LogP contribution in [0.4, 0.5) is 0 Å². The van der Waals surface area contributed by atoms with Crippen LogP contribution in [0.15, 0.2) is 59.0 Å². The summed E-state index contributed by atoms with van der Waals surface area (Å²) in [6.45, 7) is 10.1. The van der Waals surface area contributed by atoms with Crippen molar-refractivity contribution in [2.24, 2.45) is 12.2 Å². The normalized spacial score (nSPS) is 11.4. The molecule has 0 radical (unpaired) electrons. The molecule has 8 heteroatoms. The summed E-state index contributed by atoms with van der Waals surface area (Å²) in [6, 6.07) is 11.5. The highest BCUT2D eigenvalue weighted by atomic mass is 16.6. The van der Waals surface area contributed by atoms with Crippen molar-refractivity contribution in [1.29, 1.82) is 0 Å². The molecule has 0 spiro atoms. The van der Waals surface area contributed by atoms with Crippen molar-refractivity contribution in [3.63, 3.8) is 0 Å². The van der Waals surface area contributed by atoms with Gasteiger partial charge in [0, 0.05) is 12.6 Å². The maximum absolute atomic E-state index is 12.3. The van der Waals surface area contributed by atoms with Gasteiger partial charge in [0.15, 0.2) is 0 Å². The Morgan fingerprint density at radius 1 is 1.20 bits per heavy atom. The molecule has 3 aromatic rings. The van der Waals surface area contributed by atoms with Crippen LogP contribution in [0, 0.1) is 13.8 Å². The van der Waals surface area contributed by atoms with E-state index >= 15 is 0 Å². The van der Waals surface area contributed by atoms with Crippen LogP contribution in [0.2, 0.25) is 0 Å². The standard InChI is InChI=1S/C22H25N5O3/c1-6-12-30-23-17(4)18-10-11-21(16(3)13-18)29-14-19-15(2)8-7-9-20(19)27-22(28)26(5)24-25-27/h6-11,13H,1,12,14H2,2-5H3/b23-17+. The van der Waals surface area contributed by atoms with Gasteiger partial charge in [-0.2, -0.15) is 9.36 Å². The first-order chi connectivity index (χ1) is 14.4. The van der Waals surface area contributed by atoms with E-state index < -0.39 is 0 Å². The molecule has 2 aromatic carbocycles. The molecule has 0 atom stereocenters. The van der Waals surface area contributed by atoms with Gasteiger partial charge in [0.2, 0.25) is 0 Å². The summed E-state index contributed by atoms with van der Waals surface area (Å²) < 4.78 is 8.57. The molecular formula is C22H25N5O3. The molecule has 0 aliphatic carbocycles. The number of ether oxygens (including phenoxy) is 1. The minimum absolute atomic E-state index is 0.292. The maximum atomic E-state index is 12.3. The topological polar surface area (TPSA) is 83.5 Å². The number of hydrogen-bond donors (Lipinski definition) is 0. The summed E-state index contributed by atoms with van der Waals surface area (Å²) in [5.41, 5.74) is 4.92. The van der Waals surface area contributed by atoms with Crippen LogP contribution in [-0.4, -0.2) is 32.1 Å². The van der Waals surface area contributed by atoms with E-state index in [4.69, 9.17) is 9.57 Å². The van der Waals surface area contributed by atoms with Crippen LogP contribution in [0.3, 0.4) is 0 Å². The summed E-state index contributed by atoms with van der Waals surface area (Å²) in [5, 5.41) is 11.8. The fraction of sp³-hybridized carbons (Fsp3) is 0.273. The zero-order valence-corrected chi connectivity index (χ0v) is 17.6. The van der Waals surface area contributed by atoms with E-state index in [9.17, 15) is 4.79 Å². The first-order valence-electron chi connectivity index (χ1n) is 9.51. The molecule has 8 nitrogen and oxygen atoms in total. The van der Waals surface area contributed by atoms with E-state index in [2.05, 4.69) is 22.2 Å². The molecule has 0 saturated carbocycles. The van der Waals surface area contributed by atoms with E-state index in [1.165, 1.54) is 9.36 Å². The first-order valence-corrected chi connectivity index (χ1v) is 9.51. The summed E-state index contributed by atoms with van der Waals surface area (Å²) in [5.74, 6) is 0.749. The number of oxime groups is 1. The van der Waals surface area contributed by atoms with Crippen molar-refractivity contribution in [1.82, 2.24) is 19.8 Å². The number of aromatic nitrogens is 4. The molecule has 0 aliphatic rings. The maximum Gasteiger partial charge on any atom is 0.368 e. The minimum Gasteiger partial charge on any atom is -0.489 e. The van der Waals surface area contributed by atoms with Crippen LogP contribution in [0.1, 0.15) is 29.2 Å². The number of nitrogens with zero attached hydrogens (tertiary/aromatic N) is 5. The van der Waals surface area contributed by atoms with E-state index in [1.54, 1.807) is 13.1 Å². The number of aryl methyl sites for hydroxylation is 3. The monoisotopic (exact) mass is 407 g/mol. The quantitative estimate of drug-likeness (QED) is 0.248. The molecule has 0 fully saturated rings. The Morgan fingerprint density at radius 3 is 2.67 bits per heavy atom. The predicted molar refractivity (Wildman–Crippen MR) is 115 cm³/mol. The smallest absolute Gasteiger partial charge is 0.368 e. The van der Waals surface area contributed by atoms with Crippen LogP contribution in [0.25, 0.3) is 5.69 Å². The predicted octanol–water partition coefficient (Wildman–Crippen LogP) is 3.09. The lowest BCUT2D eigenvalue weighted by Crippen LogP contribution is -2.23. The van der Waals surface area contributed by atoms with Gasteiger partial charge in [-0.3, -0.25) is 0 Å². The number of tetrazole rings is 1. The lowest BCUT2D eigenvalue weighted by Gasteiger charge is -2.15. The third-order valence-corrected chi connectivity index (χ3v) is 4.69. The van der Waals surface area contributed by atoms with Crippen molar-refractivity contribution in [3.8, 4) is 11.4 Å². The fourth-order valence-corrected chi connectivity index (χ4v) is 2.96. The lowest BCUT2D eigenvalue weighted by molar-refractivity contribution is 0.175. The Balaban J connectivity index is 1.83. The molecule has 30 heavy (non-hydrogen) atoms. The lowest BCUT2D eigenvalue weighted by atomic mass is 10.1. The SMILES string of the molecule is C=CCO/N=C(\C)c1ccc(OCc2c(C)cccc2-n2nnn(C)c2=O)c(C)c1. The molecule has 0 amide bonds. The van der Waals surface area contributed by atoms with Gasteiger partial charge in [-0.1, -0.05) is 29.9 Å². The second kappa shape index (κ2) is 9.21. The molecule has 1 heterocycles. The molecule has 0 bridgehead atoms. The Labute approximate surface area is 175 Å². The number of benzene rings is 2. The third kappa shape index (κ3) is 4.48. The van der Waals surface area contributed by atoms with Gasteiger partial charge < -0.3 is 9.57 Å². The second-order valence-electron chi connectivity index (χ2n) is 6.90. The second-order valence-corrected chi connectivity index (χ2v) is 6.90. The molecule has 0 saturated heterocycles. The Hall–Kier alpha value is -3.68. The van der Waals surface area contributed by atoms with E-state index in [-0.39, 0.29) is 5.69 Å². The van der Waals surface area contributed by atoms with Gasteiger partial charge in [-0.25, -0.2) is 4.79 Å². The van der Waals surface area contributed by atoms with Crippen LogP contribution >= 0.6 is 0 Å². The molecule has 0 aliphatic heterocycles. The van der Waals surface area contributed by atoms with Crippen molar-refractivity contribution >= 4 is 5.71 Å². The largest absolute Gasteiger partial charge is 0.489 e. The fourth-order valence-electron chi connectivity index (χ4n) is 2.96. The summed E-state index contributed by atoms with van der Waals surface area (Å²) >= 11 is 0. The molecule has 156 valence electrons. The van der Waals surface area contributed by atoms with E-state index in [0.717, 1.165) is 33.7 Å². The summed E-state index contributed by atoms with van der Waals surface area (Å²) in [6.07, 6.45) is 1.65. The van der Waals surface area contributed by atoms with E-state index in [0.29, 0.717) is 18.9 Å². The summed E-state index contributed by atoms with van der Waals surface area (Å²) in [4.78, 5) is 17.4. The number of hydrogen-bond acceptors (Lipinski definition) is 6. The molecule has 0 unspecified atom stereocenters. The van der Waals surface area contributed by atoms with Crippen molar-refractivity contribution in [3.05, 3.63) is 81.8 Å². The van der Waals surface area contributed by atoms with Gasteiger partial charge in [0.05, 0.1) is 11.4 Å². The highest BCUT2D eigenvalue weighted by Gasteiger charge is 2.14. The minimum atomic E-state index is -0.309.